The predicted octanol–water partition coefficient (Wildman–Crippen LogP) is 3.19. The third kappa shape index (κ3) is 3.48. The van der Waals surface area contributed by atoms with E-state index in [1.54, 1.807) is 7.11 Å². The Labute approximate surface area is 115 Å². The number of benzene rings is 1. The quantitative estimate of drug-likeness (QED) is 0.813. The van der Waals surface area contributed by atoms with Crippen LogP contribution in [0.25, 0.3) is 0 Å². The molecule has 0 spiro atoms. The number of nitrogens with zero attached hydrogens (tertiary/aromatic N) is 2. The molecule has 1 atom stereocenters. The van der Waals surface area contributed by atoms with Crippen molar-refractivity contribution < 1.29 is 4.74 Å². The first-order valence-corrected chi connectivity index (χ1v) is 7.06. The summed E-state index contributed by atoms with van der Waals surface area (Å²) < 4.78 is 5.26. The molecule has 102 valence electrons. The average Bonchev–Trinajstić information content (AvgIpc) is 2.86. The second kappa shape index (κ2) is 6.58. The minimum atomic E-state index is 0.608. The zero-order chi connectivity index (χ0) is 13.7. The van der Waals surface area contributed by atoms with Crippen molar-refractivity contribution in [2.45, 2.75) is 32.7 Å². The predicted molar refractivity (Wildman–Crippen MR) is 76.0 cm³/mol. The van der Waals surface area contributed by atoms with Crippen LogP contribution in [0.5, 0.6) is 5.75 Å². The Morgan fingerprint density at radius 2 is 2.32 bits per heavy atom. The second-order valence-corrected chi connectivity index (χ2v) is 5.32. The van der Waals surface area contributed by atoms with Crippen molar-refractivity contribution in [3.63, 3.8) is 0 Å². The van der Waals surface area contributed by atoms with Crippen molar-refractivity contribution >= 4 is 0 Å². The standard InChI is InChI=1S/C16H22N2O/c1-3-4-13-7-8-18(11-13)12-14-5-6-15(10-17)16(9-14)19-2/h5-6,9,13H,3-4,7-8,11-12H2,1-2H3. The van der Waals surface area contributed by atoms with Crippen LogP contribution in [0.4, 0.5) is 0 Å². The highest BCUT2D eigenvalue weighted by molar-refractivity contribution is 5.45. The molecular formula is C16H22N2O. The number of ether oxygens (including phenoxy) is 1. The van der Waals surface area contributed by atoms with E-state index in [1.807, 2.05) is 18.2 Å². The van der Waals surface area contributed by atoms with Crippen molar-refractivity contribution in [2.24, 2.45) is 5.92 Å². The molecule has 1 unspecified atom stereocenters. The lowest BCUT2D eigenvalue weighted by atomic mass is 10.0. The summed E-state index contributed by atoms with van der Waals surface area (Å²) in [5.41, 5.74) is 1.84. The van der Waals surface area contributed by atoms with Gasteiger partial charge in [-0.1, -0.05) is 19.4 Å². The van der Waals surface area contributed by atoms with Gasteiger partial charge in [-0.2, -0.15) is 5.26 Å². The zero-order valence-corrected chi connectivity index (χ0v) is 11.9. The molecule has 3 heteroatoms. The van der Waals surface area contributed by atoms with Gasteiger partial charge in [-0.05, 0) is 43.0 Å². The van der Waals surface area contributed by atoms with Crippen LogP contribution >= 0.6 is 0 Å². The molecule has 19 heavy (non-hydrogen) atoms. The van der Waals surface area contributed by atoms with Crippen molar-refractivity contribution in [1.82, 2.24) is 4.90 Å². The van der Waals surface area contributed by atoms with Gasteiger partial charge in [0.25, 0.3) is 0 Å². The van der Waals surface area contributed by atoms with Gasteiger partial charge >= 0.3 is 0 Å². The van der Waals surface area contributed by atoms with E-state index < -0.39 is 0 Å². The SMILES string of the molecule is CCCC1CCN(Cc2ccc(C#N)c(OC)c2)C1. The maximum Gasteiger partial charge on any atom is 0.136 e. The molecule has 0 amide bonds. The fourth-order valence-corrected chi connectivity index (χ4v) is 2.88. The van der Waals surface area contributed by atoms with E-state index >= 15 is 0 Å². The average molecular weight is 258 g/mol. The van der Waals surface area contributed by atoms with Gasteiger partial charge < -0.3 is 4.74 Å². The summed E-state index contributed by atoms with van der Waals surface area (Å²) in [5, 5.41) is 8.98. The number of nitriles is 1. The summed E-state index contributed by atoms with van der Waals surface area (Å²) in [6, 6.07) is 8.04. The van der Waals surface area contributed by atoms with Crippen LogP contribution in [0.15, 0.2) is 18.2 Å². The lowest BCUT2D eigenvalue weighted by Crippen LogP contribution is -2.20. The molecule has 1 aliphatic heterocycles. The second-order valence-electron chi connectivity index (χ2n) is 5.32. The Bertz CT molecular complexity index is 464. The topological polar surface area (TPSA) is 36.3 Å². The van der Waals surface area contributed by atoms with Crippen molar-refractivity contribution in [3.05, 3.63) is 29.3 Å². The van der Waals surface area contributed by atoms with Crippen LogP contribution in [0.1, 0.15) is 37.3 Å². The van der Waals surface area contributed by atoms with Gasteiger partial charge in [0, 0.05) is 13.1 Å². The smallest absolute Gasteiger partial charge is 0.136 e. The number of rotatable bonds is 5. The molecule has 1 heterocycles. The molecule has 0 radical (unpaired) electrons. The number of hydrogen-bond donors (Lipinski definition) is 0. The summed E-state index contributed by atoms with van der Waals surface area (Å²) in [7, 11) is 1.62. The maximum absolute atomic E-state index is 8.98. The molecule has 0 N–H and O–H groups in total. The van der Waals surface area contributed by atoms with Crippen molar-refractivity contribution in [1.29, 1.82) is 5.26 Å². The van der Waals surface area contributed by atoms with E-state index in [0.717, 1.165) is 12.5 Å². The van der Waals surface area contributed by atoms with E-state index in [-0.39, 0.29) is 0 Å². The first-order valence-electron chi connectivity index (χ1n) is 7.06. The number of methoxy groups -OCH3 is 1. The lowest BCUT2D eigenvalue weighted by Gasteiger charge is -2.16. The molecule has 0 bridgehead atoms. The van der Waals surface area contributed by atoms with Gasteiger partial charge in [-0.15, -0.1) is 0 Å². The third-order valence-corrected chi connectivity index (χ3v) is 3.86. The number of likely N-dealkylation sites (tertiary alicyclic amines) is 1. The maximum atomic E-state index is 8.98. The Morgan fingerprint density at radius 3 is 3.00 bits per heavy atom. The normalized spacial score (nSPS) is 19.3. The summed E-state index contributed by atoms with van der Waals surface area (Å²) in [6.45, 7) is 5.61. The molecule has 1 aliphatic rings. The number of hydrogen-bond acceptors (Lipinski definition) is 3. The van der Waals surface area contributed by atoms with Gasteiger partial charge in [0.05, 0.1) is 12.7 Å². The van der Waals surface area contributed by atoms with Gasteiger partial charge in [0.1, 0.15) is 11.8 Å². The van der Waals surface area contributed by atoms with E-state index in [2.05, 4.69) is 17.9 Å². The molecule has 0 saturated carbocycles. The Hall–Kier alpha value is -1.53. The first-order chi connectivity index (χ1) is 9.26. The summed E-state index contributed by atoms with van der Waals surface area (Å²) in [5.74, 6) is 1.55. The van der Waals surface area contributed by atoms with Gasteiger partial charge in [-0.25, -0.2) is 0 Å². The van der Waals surface area contributed by atoms with Gasteiger partial charge in [-0.3, -0.25) is 4.90 Å². The van der Waals surface area contributed by atoms with Crippen LogP contribution in [0.2, 0.25) is 0 Å². The molecule has 0 aromatic heterocycles. The van der Waals surface area contributed by atoms with E-state index in [4.69, 9.17) is 10.00 Å². The molecule has 3 nitrogen and oxygen atoms in total. The van der Waals surface area contributed by atoms with Crippen LogP contribution in [0, 0.1) is 17.2 Å². The van der Waals surface area contributed by atoms with Crippen LogP contribution in [0.3, 0.4) is 0 Å². The highest BCUT2D eigenvalue weighted by Gasteiger charge is 2.21. The molecule has 0 aliphatic carbocycles. The molecular weight excluding hydrogens is 236 g/mol. The minimum absolute atomic E-state index is 0.608. The summed E-state index contributed by atoms with van der Waals surface area (Å²) >= 11 is 0. The third-order valence-electron chi connectivity index (χ3n) is 3.86. The fraction of sp³-hybridized carbons (Fsp3) is 0.562. The Kier molecular flexibility index (Phi) is 4.81. The van der Waals surface area contributed by atoms with Gasteiger partial charge in [0.2, 0.25) is 0 Å². The monoisotopic (exact) mass is 258 g/mol. The zero-order valence-electron chi connectivity index (χ0n) is 11.9. The van der Waals surface area contributed by atoms with E-state index in [1.165, 1.54) is 37.9 Å². The van der Waals surface area contributed by atoms with Crippen LogP contribution < -0.4 is 4.74 Å². The van der Waals surface area contributed by atoms with E-state index in [9.17, 15) is 0 Å². The van der Waals surface area contributed by atoms with Crippen LogP contribution in [-0.2, 0) is 6.54 Å². The Morgan fingerprint density at radius 1 is 1.47 bits per heavy atom. The van der Waals surface area contributed by atoms with E-state index in [0.29, 0.717) is 11.3 Å². The summed E-state index contributed by atoms with van der Waals surface area (Å²) in [4.78, 5) is 2.50. The molecule has 1 aromatic carbocycles. The fourth-order valence-electron chi connectivity index (χ4n) is 2.88. The molecule has 1 fully saturated rings. The first kappa shape index (κ1) is 13.9. The highest BCUT2D eigenvalue weighted by atomic mass is 16.5. The van der Waals surface area contributed by atoms with Gasteiger partial charge in [0.15, 0.2) is 0 Å². The van der Waals surface area contributed by atoms with Crippen LogP contribution in [-0.4, -0.2) is 25.1 Å². The minimum Gasteiger partial charge on any atom is -0.495 e. The largest absolute Gasteiger partial charge is 0.495 e. The highest BCUT2D eigenvalue weighted by Crippen LogP contribution is 2.25. The lowest BCUT2D eigenvalue weighted by molar-refractivity contribution is 0.312. The summed E-state index contributed by atoms with van der Waals surface area (Å²) in [6.07, 6.45) is 3.94. The molecule has 1 saturated heterocycles. The molecule has 2 rings (SSSR count). The van der Waals surface area contributed by atoms with Crippen molar-refractivity contribution in [2.75, 3.05) is 20.2 Å². The molecule has 1 aromatic rings. The Balaban J connectivity index is 1.99. The van der Waals surface area contributed by atoms with Crippen molar-refractivity contribution in [3.8, 4) is 11.8 Å².